The summed E-state index contributed by atoms with van der Waals surface area (Å²) in [5.41, 5.74) is 6.70. The van der Waals surface area contributed by atoms with Gasteiger partial charge in [-0.3, -0.25) is 0 Å². The molecule has 1 aromatic heterocycles. The standard InChI is InChI=1S/C13H21N3S/c1-3-10-4-6-11(7-5-10)17-13-15-9(2)8-12(14)16-13/h8,10-11H,3-7H2,1-2H3,(H2,14,15,16). The van der Waals surface area contributed by atoms with E-state index in [4.69, 9.17) is 5.73 Å². The van der Waals surface area contributed by atoms with Gasteiger partial charge in [-0.1, -0.05) is 25.1 Å². The van der Waals surface area contributed by atoms with Crippen LogP contribution >= 0.6 is 11.8 Å². The van der Waals surface area contributed by atoms with Crippen molar-refractivity contribution in [3.8, 4) is 0 Å². The van der Waals surface area contributed by atoms with E-state index in [-0.39, 0.29) is 0 Å². The van der Waals surface area contributed by atoms with Gasteiger partial charge in [0.05, 0.1) is 0 Å². The Balaban J connectivity index is 1.93. The lowest BCUT2D eigenvalue weighted by Crippen LogP contribution is -2.16. The van der Waals surface area contributed by atoms with Gasteiger partial charge >= 0.3 is 0 Å². The van der Waals surface area contributed by atoms with Crippen LogP contribution < -0.4 is 5.73 Å². The highest BCUT2D eigenvalue weighted by Gasteiger charge is 2.21. The number of nitrogen functional groups attached to an aromatic ring is 1. The average molecular weight is 251 g/mol. The molecule has 1 fully saturated rings. The zero-order chi connectivity index (χ0) is 12.3. The molecule has 0 unspecified atom stereocenters. The maximum Gasteiger partial charge on any atom is 0.189 e. The van der Waals surface area contributed by atoms with Crippen molar-refractivity contribution in [1.29, 1.82) is 0 Å². The van der Waals surface area contributed by atoms with Crippen molar-refractivity contribution in [2.24, 2.45) is 5.92 Å². The van der Waals surface area contributed by atoms with Gasteiger partial charge in [0.2, 0.25) is 0 Å². The molecule has 1 saturated carbocycles. The van der Waals surface area contributed by atoms with Gasteiger partial charge in [0.25, 0.3) is 0 Å². The van der Waals surface area contributed by atoms with Gasteiger partial charge < -0.3 is 5.73 Å². The molecule has 1 aromatic rings. The van der Waals surface area contributed by atoms with E-state index in [0.717, 1.165) is 16.8 Å². The molecular weight excluding hydrogens is 230 g/mol. The number of aromatic nitrogens is 2. The molecule has 0 aromatic carbocycles. The first-order valence-corrected chi connectivity index (χ1v) is 7.33. The van der Waals surface area contributed by atoms with Crippen molar-refractivity contribution >= 4 is 17.6 Å². The Bertz CT molecular complexity index is 353. The lowest BCUT2D eigenvalue weighted by molar-refractivity contribution is 0.356. The maximum absolute atomic E-state index is 5.74. The van der Waals surface area contributed by atoms with Gasteiger partial charge in [-0.15, -0.1) is 0 Å². The number of nitrogens with zero attached hydrogens (tertiary/aromatic N) is 2. The average Bonchev–Trinajstić information content (AvgIpc) is 2.28. The maximum atomic E-state index is 5.74. The van der Waals surface area contributed by atoms with Crippen molar-refractivity contribution in [3.05, 3.63) is 11.8 Å². The quantitative estimate of drug-likeness (QED) is 0.836. The summed E-state index contributed by atoms with van der Waals surface area (Å²) in [6, 6.07) is 1.82. The summed E-state index contributed by atoms with van der Waals surface area (Å²) in [5, 5.41) is 1.53. The van der Waals surface area contributed by atoms with Crippen LogP contribution in [0.2, 0.25) is 0 Å². The van der Waals surface area contributed by atoms with Crippen LogP contribution in [0.5, 0.6) is 0 Å². The lowest BCUT2D eigenvalue weighted by atomic mass is 9.87. The van der Waals surface area contributed by atoms with Crippen LogP contribution in [-0.2, 0) is 0 Å². The molecule has 2 N–H and O–H groups in total. The molecule has 94 valence electrons. The summed E-state index contributed by atoms with van der Waals surface area (Å²) >= 11 is 1.80. The minimum Gasteiger partial charge on any atom is -0.384 e. The molecule has 17 heavy (non-hydrogen) atoms. The molecule has 1 heterocycles. The number of rotatable bonds is 3. The van der Waals surface area contributed by atoms with Gasteiger partial charge in [0.1, 0.15) is 5.82 Å². The van der Waals surface area contributed by atoms with E-state index in [1.165, 1.54) is 32.1 Å². The molecule has 0 atom stereocenters. The van der Waals surface area contributed by atoms with Crippen LogP contribution in [0.4, 0.5) is 5.82 Å². The molecular formula is C13H21N3S. The second kappa shape index (κ2) is 5.71. The summed E-state index contributed by atoms with van der Waals surface area (Å²) in [6.45, 7) is 4.26. The van der Waals surface area contributed by atoms with Crippen molar-refractivity contribution in [1.82, 2.24) is 9.97 Å². The molecule has 0 amide bonds. The van der Waals surface area contributed by atoms with Gasteiger partial charge in [0, 0.05) is 17.0 Å². The van der Waals surface area contributed by atoms with Gasteiger partial charge in [-0.25, -0.2) is 9.97 Å². The topological polar surface area (TPSA) is 51.8 Å². The highest BCUT2D eigenvalue weighted by Crippen LogP contribution is 2.35. The molecule has 1 aliphatic carbocycles. The van der Waals surface area contributed by atoms with Crippen LogP contribution in [0.3, 0.4) is 0 Å². The third-order valence-corrected chi connectivity index (χ3v) is 4.69. The number of hydrogen-bond acceptors (Lipinski definition) is 4. The fourth-order valence-corrected chi connectivity index (χ4v) is 3.59. The lowest BCUT2D eigenvalue weighted by Gasteiger charge is -2.26. The predicted molar refractivity (Wildman–Crippen MR) is 73.1 cm³/mol. The van der Waals surface area contributed by atoms with Crippen LogP contribution in [0.15, 0.2) is 11.2 Å². The highest BCUT2D eigenvalue weighted by molar-refractivity contribution is 7.99. The molecule has 4 heteroatoms. The van der Waals surface area contributed by atoms with Crippen molar-refractivity contribution < 1.29 is 0 Å². The van der Waals surface area contributed by atoms with Gasteiger partial charge in [-0.2, -0.15) is 0 Å². The van der Waals surface area contributed by atoms with E-state index < -0.39 is 0 Å². The molecule has 0 saturated heterocycles. The third-order valence-electron chi connectivity index (χ3n) is 3.50. The fourth-order valence-electron chi connectivity index (χ4n) is 2.42. The summed E-state index contributed by atoms with van der Waals surface area (Å²) < 4.78 is 0. The molecule has 3 nitrogen and oxygen atoms in total. The molecule has 0 aliphatic heterocycles. The van der Waals surface area contributed by atoms with Gasteiger partial charge in [-0.05, 0) is 38.5 Å². The number of thioether (sulfide) groups is 1. The largest absolute Gasteiger partial charge is 0.384 e. The van der Waals surface area contributed by atoms with E-state index in [0.29, 0.717) is 11.1 Å². The Morgan fingerprint density at radius 2 is 2.00 bits per heavy atom. The summed E-state index contributed by atoms with van der Waals surface area (Å²) in [7, 11) is 0. The number of aryl methyl sites for hydroxylation is 1. The van der Waals surface area contributed by atoms with E-state index >= 15 is 0 Å². The first kappa shape index (κ1) is 12.7. The second-order valence-electron chi connectivity index (χ2n) is 4.89. The van der Waals surface area contributed by atoms with Gasteiger partial charge in [0.15, 0.2) is 5.16 Å². The Labute approximate surface area is 108 Å². The van der Waals surface area contributed by atoms with E-state index in [1.807, 2.05) is 13.0 Å². The van der Waals surface area contributed by atoms with Crippen LogP contribution in [0.25, 0.3) is 0 Å². The number of hydrogen-bond donors (Lipinski definition) is 1. The minimum atomic E-state index is 0.585. The number of nitrogens with two attached hydrogens (primary N) is 1. The molecule has 2 rings (SSSR count). The Morgan fingerprint density at radius 3 is 2.59 bits per heavy atom. The SMILES string of the molecule is CCC1CCC(Sc2nc(C)cc(N)n2)CC1. The zero-order valence-electron chi connectivity index (χ0n) is 10.6. The van der Waals surface area contributed by atoms with Crippen molar-refractivity contribution in [2.45, 2.75) is 56.4 Å². The first-order valence-electron chi connectivity index (χ1n) is 6.45. The molecule has 0 spiro atoms. The normalized spacial score (nSPS) is 24.8. The second-order valence-corrected chi connectivity index (χ2v) is 6.15. The minimum absolute atomic E-state index is 0.585. The summed E-state index contributed by atoms with van der Waals surface area (Å²) in [5.74, 6) is 1.53. The number of anilines is 1. The predicted octanol–water partition coefficient (Wildman–Crippen LogP) is 3.43. The van der Waals surface area contributed by atoms with Crippen LogP contribution in [-0.4, -0.2) is 15.2 Å². The smallest absolute Gasteiger partial charge is 0.189 e. The van der Waals surface area contributed by atoms with Crippen molar-refractivity contribution in [3.63, 3.8) is 0 Å². The Morgan fingerprint density at radius 1 is 1.29 bits per heavy atom. The molecule has 0 bridgehead atoms. The van der Waals surface area contributed by atoms with Crippen molar-refractivity contribution in [2.75, 3.05) is 5.73 Å². The third kappa shape index (κ3) is 3.60. The zero-order valence-corrected chi connectivity index (χ0v) is 11.5. The Kier molecular flexibility index (Phi) is 4.26. The van der Waals surface area contributed by atoms with E-state index in [1.54, 1.807) is 11.8 Å². The van der Waals surface area contributed by atoms with Crippen LogP contribution in [0.1, 0.15) is 44.7 Å². The molecule has 0 radical (unpaired) electrons. The fraction of sp³-hybridized carbons (Fsp3) is 0.692. The highest BCUT2D eigenvalue weighted by atomic mass is 32.2. The Hall–Kier alpha value is -0.770. The van der Waals surface area contributed by atoms with Crippen LogP contribution in [0, 0.1) is 12.8 Å². The monoisotopic (exact) mass is 251 g/mol. The first-order chi connectivity index (χ1) is 8.17. The molecule has 1 aliphatic rings. The summed E-state index contributed by atoms with van der Waals surface area (Å²) in [6.07, 6.45) is 6.62. The van der Waals surface area contributed by atoms with E-state index in [9.17, 15) is 0 Å². The van der Waals surface area contributed by atoms with E-state index in [2.05, 4.69) is 16.9 Å². The summed E-state index contributed by atoms with van der Waals surface area (Å²) in [4.78, 5) is 8.74.